The number of rotatable bonds is 2. The molecule has 1 aromatic heterocycles. The van der Waals surface area contributed by atoms with Crippen LogP contribution in [-0.2, 0) is 0 Å². The van der Waals surface area contributed by atoms with Gasteiger partial charge in [-0.15, -0.1) is 6.42 Å². The third-order valence-corrected chi connectivity index (χ3v) is 3.31. The van der Waals surface area contributed by atoms with E-state index in [4.69, 9.17) is 12.2 Å². The highest BCUT2D eigenvalue weighted by molar-refractivity contribution is 5.97. The summed E-state index contributed by atoms with van der Waals surface area (Å²) in [7, 11) is 0. The van der Waals surface area contributed by atoms with Gasteiger partial charge in [0.25, 0.3) is 0 Å². The second-order valence-electron chi connectivity index (χ2n) is 4.79. The quantitative estimate of drug-likeness (QED) is 0.558. The molecule has 0 spiro atoms. The zero-order valence-corrected chi connectivity index (χ0v) is 11.7. The number of nitriles is 1. The topological polar surface area (TPSA) is 74.7 Å². The summed E-state index contributed by atoms with van der Waals surface area (Å²) in [5.41, 5.74) is 9.94. The molecule has 0 aliphatic heterocycles. The van der Waals surface area contributed by atoms with Gasteiger partial charge >= 0.3 is 0 Å². The zero-order valence-electron chi connectivity index (χ0n) is 11.7. The summed E-state index contributed by atoms with van der Waals surface area (Å²) in [6.07, 6.45) is 6.97. The molecule has 0 saturated carbocycles. The molecule has 3 N–H and O–H groups in total. The van der Waals surface area contributed by atoms with Gasteiger partial charge in [0, 0.05) is 28.5 Å². The van der Waals surface area contributed by atoms with E-state index in [2.05, 4.69) is 22.3 Å². The van der Waals surface area contributed by atoms with Crippen LogP contribution >= 0.6 is 0 Å². The summed E-state index contributed by atoms with van der Waals surface area (Å²) >= 11 is 0. The number of benzene rings is 2. The standard InChI is InChI=1S/C18H12N4/c1-2-12-4-3-5-15(8-12)22-18-13(10-19)11-21-17-7-6-14(20)9-16(17)18/h1,3-9,11H,20H2,(H,21,22). The maximum atomic E-state index is 9.33. The molecule has 0 atom stereocenters. The molecule has 3 rings (SSSR count). The number of hydrogen-bond donors (Lipinski definition) is 2. The minimum absolute atomic E-state index is 0.448. The zero-order chi connectivity index (χ0) is 15.5. The Balaban J connectivity index is 2.18. The fourth-order valence-corrected chi connectivity index (χ4v) is 2.26. The van der Waals surface area contributed by atoms with Gasteiger partial charge in [-0.1, -0.05) is 12.0 Å². The second kappa shape index (κ2) is 5.47. The van der Waals surface area contributed by atoms with Crippen LogP contribution in [0.5, 0.6) is 0 Å². The highest BCUT2D eigenvalue weighted by atomic mass is 14.9. The van der Waals surface area contributed by atoms with Crippen LogP contribution in [0.3, 0.4) is 0 Å². The van der Waals surface area contributed by atoms with Crippen LogP contribution in [0.1, 0.15) is 11.1 Å². The molecule has 0 aliphatic rings. The maximum absolute atomic E-state index is 9.33. The lowest BCUT2D eigenvalue weighted by Crippen LogP contribution is -1.98. The average molecular weight is 284 g/mol. The molecule has 2 aromatic carbocycles. The summed E-state index contributed by atoms with van der Waals surface area (Å²) in [6, 6.07) is 15.0. The molecular weight excluding hydrogens is 272 g/mol. The van der Waals surface area contributed by atoms with Gasteiger partial charge in [0.2, 0.25) is 0 Å². The molecule has 0 bridgehead atoms. The van der Waals surface area contributed by atoms with E-state index in [1.165, 1.54) is 0 Å². The van der Waals surface area contributed by atoms with E-state index < -0.39 is 0 Å². The van der Waals surface area contributed by atoms with Crippen molar-refractivity contribution in [3.05, 3.63) is 59.8 Å². The lowest BCUT2D eigenvalue weighted by Gasteiger charge is -2.12. The van der Waals surface area contributed by atoms with Gasteiger partial charge in [0.05, 0.1) is 16.8 Å². The van der Waals surface area contributed by atoms with Crippen molar-refractivity contribution >= 4 is 28.0 Å². The summed E-state index contributed by atoms with van der Waals surface area (Å²) in [6.45, 7) is 0. The number of terminal acetylenes is 1. The normalized spacial score (nSPS) is 9.91. The average Bonchev–Trinajstić information content (AvgIpc) is 2.55. The van der Waals surface area contributed by atoms with Gasteiger partial charge in [0.1, 0.15) is 6.07 Å². The Labute approximate surface area is 128 Å². The highest BCUT2D eigenvalue weighted by Crippen LogP contribution is 2.30. The van der Waals surface area contributed by atoms with Crippen molar-refractivity contribution < 1.29 is 0 Å². The number of nitrogens with two attached hydrogens (primary N) is 1. The third-order valence-electron chi connectivity index (χ3n) is 3.31. The molecule has 4 heteroatoms. The van der Waals surface area contributed by atoms with Crippen LogP contribution in [0.4, 0.5) is 17.1 Å². The van der Waals surface area contributed by atoms with Crippen LogP contribution in [0.15, 0.2) is 48.7 Å². The summed E-state index contributed by atoms with van der Waals surface area (Å²) < 4.78 is 0. The summed E-state index contributed by atoms with van der Waals surface area (Å²) in [5, 5.41) is 13.4. The van der Waals surface area contributed by atoms with Gasteiger partial charge in [0.15, 0.2) is 0 Å². The van der Waals surface area contributed by atoms with Crippen molar-refractivity contribution in [2.45, 2.75) is 0 Å². The Morgan fingerprint density at radius 3 is 2.82 bits per heavy atom. The van der Waals surface area contributed by atoms with E-state index >= 15 is 0 Å². The highest BCUT2D eigenvalue weighted by Gasteiger charge is 2.09. The Bertz CT molecular complexity index is 945. The molecule has 1 heterocycles. The minimum atomic E-state index is 0.448. The van der Waals surface area contributed by atoms with Crippen molar-refractivity contribution in [1.82, 2.24) is 4.98 Å². The molecule has 4 nitrogen and oxygen atoms in total. The fraction of sp³-hybridized carbons (Fsp3) is 0. The van der Waals surface area contributed by atoms with Crippen molar-refractivity contribution in [3.8, 4) is 18.4 Å². The Hall–Kier alpha value is -3.50. The fourth-order valence-electron chi connectivity index (χ4n) is 2.26. The molecule has 3 aromatic rings. The number of nitrogen functional groups attached to an aromatic ring is 1. The predicted molar refractivity (Wildman–Crippen MR) is 88.5 cm³/mol. The van der Waals surface area contributed by atoms with E-state index in [-0.39, 0.29) is 0 Å². The van der Waals surface area contributed by atoms with Crippen LogP contribution in [-0.4, -0.2) is 4.98 Å². The monoisotopic (exact) mass is 284 g/mol. The second-order valence-corrected chi connectivity index (χ2v) is 4.79. The van der Waals surface area contributed by atoms with Crippen LogP contribution in [0.25, 0.3) is 10.9 Å². The number of hydrogen-bond acceptors (Lipinski definition) is 4. The molecule has 0 saturated heterocycles. The maximum Gasteiger partial charge on any atom is 0.103 e. The van der Waals surface area contributed by atoms with Gasteiger partial charge < -0.3 is 11.1 Å². The Kier molecular flexibility index (Phi) is 3.35. The van der Waals surface area contributed by atoms with E-state index in [9.17, 15) is 5.26 Å². The Morgan fingerprint density at radius 2 is 2.05 bits per heavy atom. The van der Waals surface area contributed by atoms with E-state index in [1.54, 1.807) is 18.3 Å². The van der Waals surface area contributed by atoms with Crippen LogP contribution in [0, 0.1) is 23.7 Å². The number of nitrogens with one attached hydrogen (secondary N) is 1. The van der Waals surface area contributed by atoms with E-state index in [1.807, 2.05) is 30.3 Å². The first kappa shape index (κ1) is 13.5. The van der Waals surface area contributed by atoms with Gasteiger partial charge in [-0.2, -0.15) is 5.26 Å². The molecule has 22 heavy (non-hydrogen) atoms. The number of nitrogens with zero attached hydrogens (tertiary/aromatic N) is 2. The van der Waals surface area contributed by atoms with Crippen molar-refractivity contribution in [1.29, 1.82) is 5.26 Å². The van der Waals surface area contributed by atoms with Crippen LogP contribution in [0.2, 0.25) is 0 Å². The molecule has 0 radical (unpaired) electrons. The first-order valence-corrected chi connectivity index (χ1v) is 6.63. The molecule has 104 valence electrons. The Morgan fingerprint density at radius 1 is 1.18 bits per heavy atom. The number of fused-ring (bicyclic) bond motifs is 1. The molecule has 0 unspecified atom stereocenters. The van der Waals surface area contributed by atoms with Crippen LogP contribution < -0.4 is 11.1 Å². The number of aromatic nitrogens is 1. The van der Waals surface area contributed by atoms with E-state index in [0.717, 1.165) is 22.2 Å². The SMILES string of the molecule is C#Cc1cccc(Nc2c(C#N)cnc3ccc(N)cc23)c1. The molecule has 0 fully saturated rings. The summed E-state index contributed by atoms with van der Waals surface area (Å²) in [5.74, 6) is 2.59. The smallest absolute Gasteiger partial charge is 0.103 e. The largest absolute Gasteiger partial charge is 0.399 e. The van der Waals surface area contributed by atoms with Crippen molar-refractivity contribution in [3.63, 3.8) is 0 Å². The van der Waals surface area contributed by atoms with Gasteiger partial charge in [-0.05, 0) is 36.4 Å². The van der Waals surface area contributed by atoms with E-state index in [0.29, 0.717) is 16.9 Å². The third kappa shape index (κ3) is 2.42. The van der Waals surface area contributed by atoms with Gasteiger partial charge in [-0.3, -0.25) is 4.98 Å². The number of anilines is 3. The number of pyridine rings is 1. The first-order chi connectivity index (χ1) is 10.7. The lowest BCUT2D eigenvalue weighted by atomic mass is 10.1. The first-order valence-electron chi connectivity index (χ1n) is 6.63. The van der Waals surface area contributed by atoms with Crippen molar-refractivity contribution in [2.24, 2.45) is 0 Å². The molecular formula is C18H12N4. The van der Waals surface area contributed by atoms with Crippen molar-refractivity contribution in [2.75, 3.05) is 11.1 Å². The lowest BCUT2D eigenvalue weighted by molar-refractivity contribution is 1.36. The predicted octanol–water partition coefficient (Wildman–Crippen LogP) is 3.41. The van der Waals surface area contributed by atoms with Gasteiger partial charge in [-0.25, -0.2) is 0 Å². The molecule has 0 amide bonds. The molecule has 0 aliphatic carbocycles. The summed E-state index contributed by atoms with van der Waals surface area (Å²) in [4.78, 5) is 4.28. The minimum Gasteiger partial charge on any atom is -0.399 e.